The molecule has 0 saturated heterocycles. The van der Waals surface area contributed by atoms with E-state index in [0.717, 1.165) is 49.2 Å². The van der Waals surface area contributed by atoms with Gasteiger partial charge in [-0.15, -0.1) is 35.0 Å². The summed E-state index contributed by atoms with van der Waals surface area (Å²) in [6, 6.07) is 13.3. The molecular formula is C22H26Cl2FN5O. The lowest BCUT2D eigenvalue weighted by Crippen LogP contribution is -2.37. The first kappa shape index (κ1) is 24.8. The number of carbonyl (C=O) groups excluding carboxylic acids is 1. The van der Waals surface area contributed by atoms with E-state index in [-0.39, 0.29) is 30.5 Å². The van der Waals surface area contributed by atoms with Crippen molar-refractivity contribution in [3.05, 3.63) is 65.7 Å². The number of aromatic nitrogens is 3. The third-order valence-corrected chi connectivity index (χ3v) is 5.23. The van der Waals surface area contributed by atoms with Gasteiger partial charge in [0.05, 0.1) is 11.7 Å². The van der Waals surface area contributed by atoms with Crippen molar-refractivity contribution < 1.29 is 9.18 Å². The Kier molecular flexibility index (Phi) is 8.98. The molecule has 1 amide bonds. The fourth-order valence-electron chi connectivity index (χ4n) is 3.64. The SMILES string of the molecule is Cl.Cl.NC(Cc1ccccc1)C(=O)Nc1cc(-c2nnc3n2CCCCC3)ccc1F. The minimum Gasteiger partial charge on any atom is -0.322 e. The third-order valence-electron chi connectivity index (χ3n) is 5.23. The summed E-state index contributed by atoms with van der Waals surface area (Å²) in [5.74, 6) is 0.720. The van der Waals surface area contributed by atoms with Crippen LogP contribution in [0.25, 0.3) is 11.4 Å². The second kappa shape index (κ2) is 11.2. The molecule has 2 heterocycles. The largest absolute Gasteiger partial charge is 0.322 e. The monoisotopic (exact) mass is 465 g/mol. The number of carbonyl (C=O) groups is 1. The van der Waals surface area contributed by atoms with Gasteiger partial charge in [-0.05, 0) is 43.0 Å². The van der Waals surface area contributed by atoms with Crippen LogP contribution in [-0.4, -0.2) is 26.7 Å². The summed E-state index contributed by atoms with van der Waals surface area (Å²) in [6.07, 6.45) is 4.60. The Balaban J connectivity index is 0.00000171. The van der Waals surface area contributed by atoms with Gasteiger partial charge in [-0.3, -0.25) is 4.79 Å². The Hall–Kier alpha value is -2.48. The molecule has 0 spiro atoms. The highest BCUT2D eigenvalue weighted by Gasteiger charge is 2.19. The van der Waals surface area contributed by atoms with Gasteiger partial charge >= 0.3 is 0 Å². The third kappa shape index (κ3) is 5.81. The number of hydrogen-bond acceptors (Lipinski definition) is 4. The quantitative estimate of drug-likeness (QED) is 0.591. The number of anilines is 1. The van der Waals surface area contributed by atoms with Crippen molar-refractivity contribution in [2.24, 2.45) is 5.73 Å². The maximum absolute atomic E-state index is 14.4. The van der Waals surface area contributed by atoms with E-state index >= 15 is 0 Å². The maximum atomic E-state index is 14.4. The smallest absolute Gasteiger partial charge is 0.241 e. The number of benzene rings is 2. The standard InChI is InChI=1S/C22H24FN5O.2ClH/c23-17-11-10-16(21-27-26-20-9-5-2-6-12-28(20)21)14-19(17)25-22(29)18(24)13-15-7-3-1-4-8-15;;/h1,3-4,7-8,10-11,14,18H,2,5-6,9,12-13,24H2,(H,25,29);2*1H. The number of nitrogens with zero attached hydrogens (tertiary/aromatic N) is 3. The molecule has 3 aromatic rings. The van der Waals surface area contributed by atoms with Crippen LogP contribution in [0, 0.1) is 5.82 Å². The van der Waals surface area contributed by atoms with Gasteiger partial charge in [0.2, 0.25) is 5.91 Å². The molecule has 0 radical (unpaired) electrons. The summed E-state index contributed by atoms with van der Waals surface area (Å²) in [5, 5.41) is 11.2. The lowest BCUT2D eigenvalue weighted by Gasteiger charge is -2.14. The van der Waals surface area contributed by atoms with Crippen molar-refractivity contribution in [2.45, 2.75) is 44.7 Å². The zero-order chi connectivity index (χ0) is 20.2. The molecular weight excluding hydrogens is 440 g/mol. The van der Waals surface area contributed by atoms with Crippen LogP contribution in [0.4, 0.5) is 10.1 Å². The summed E-state index contributed by atoms with van der Waals surface area (Å²) >= 11 is 0. The van der Waals surface area contributed by atoms with Crippen LogP contribution in [0.3, 0.4) is 0 Å². The minimum atomic E-state index is -0.773. The summed E-state index contributed by atoms with van der Waals surface area (Å²) in [7, 11) is 0. The van der Waals surface area contributed by atoms with Crippen LogP contribution < -0.4 is 11.1 Å². The Morgan fingerprint density at radius 2 is 1.87 bits per heavy atom. The summed E-state index contributed by atoms with van der Waals surface area (Å²) in [6.45, 7) is 0.846. The lowest BCUT2D eigenvalue weighted by atomic mass is 10.1. The van der Waals surface area contributed by atoms with E-state index in [1.54, 1.807) is 12.1 Å². The fraction of sp³-hybridized carbons (Fsp3) is 0.318. The molecule has 1 atom stereocenters. The van der Waals surface area contributed by atoms with Crippen LogP contribution in [0.15, 0.2) is 48.5 Å². The first-order valence-corrected chi connectivity index (χ1v) is 9.94. The van der Waals surface area contributed by atoms with Gasteiger partial charge < -0.3 is 15.6 Å². The predicted octanol–water partition coefficient (Wildman–Crippen LogP) is 4.16. The molecule has 1 aliphatic rings. The van der Waals surface area contributed by atoms with E-state index in [0.29, 0.717) is 12.2 Å². The van der Waals surface area contributed by atoms with Crippen LogP contribution in [-0.2, 0) is 24.2 Å². The van der Waals surface area contributed by atoms with Crippen LogP contribution in [0.5, 0.6) is 0 Å². The van der Waals surface area contributed by atoms with Gasteiger partial charge in [0.25, 0.3) is 0 Å². The average molecular weight is 466 g/mol. The van der Waals surface area contributed by atoms with Gasteiger partial charge in [0, 0.05) is 18.5 Å². The highest BCUT2D eigenvalue weighted by Crippen LogP contribution is 2.26. The molecule has 31 heavy (non-hydrogen) atoms. The van der Waals surface area contributed by atoms with Crippen molar-refractivity contribution in [1.82, 2.24) is 14.8 Å². The average Bonchev–Trinajstić information content (AvgIpc) is 2.98. The fourth-order valence-corrected chi connectivity index (χ4v) is 3.64. The normalized spacial score (nSPS) is 13.7. The number of fused-ring (bicyclic) bond motifs is 1. The summed E-state index contributed by atoms with van der Waals surface area (Å²) < 4.78 is 16.5. The van der Waals surface area contributed by atoms with Crippen molar-refractivity contribution in [3.8, 4) is 11.4 Å². The maximum Gasteiger partial charge on any atom is 0.241 e. The van der Waals surface area contributed by atoms with E-state index in [1.165, 1.54) is 6.07 Å². The van der Waals surface area contributed by atoms with Crippen molar-refractivity contribution >= 4 is 36.4 Å². The molecule has 0 fully saturated rings. The van der Waals surface area contributed by atoms with E-state index in [1.807, 2.05) is 30.3 Å². The first-order valence-electron chi connectivity index (χ1n) is 9.94. The minimum absolute atomic E-state index is 0. The van der Waals surface area contributed by atoms with E-state index in [9.17, 15) is 9.18 Å². The van der Waals surface area contributed by atoms with Gasteiger partial charge in [-0.25, -0.2) is 4.39 Å². The molecule has 0 aliphatic carbocycles. The number of halogens is 3. The number of aryl methyl sites for hydroxylation is 1. The lowest BCUT2D eigenvalue weighted by molar-refractivity contribution is -0.117. The van der Waals surface area contributed by atoms with Crippen molar-refractivity contribution in [2.75, 3.05) is 5.32 Å². The second-order valence-electron chi connectivity index (χ2n) is 7.38. The number of nitrogens with two attached hydrogens (primary N) is 1. The van der Waals surface area contributed by atoms with E-state index < -0.39 is 17.8 Å². The highest BCUT2D eigenvalue weighted by molar-refractivity contribution is 5.95. The second-order valence-corrected chi connectivity index (χ2v) is 7.38. The number of hydrogen-bond donors (Lipinski definition) is 2. The molecule has 2 aromatic carbocycles. The molecule has 6 nitrogen and oxygen atoms in total. The Labute approximate surface area is 193 Å². The van der Waals surface area contributed by atoms with Gasteiger partial charge in [0.15, 0.2) is 5.82 Å². The van der Waals surface area contributed by atoms with Crippen molar-refractivity contribution in [3.63, 3.8) is 0 Å². The zero-order valence-electron chi connectivity index (χ0n) is 17.0. The van der Waals surface area contributed by atoms with Crippen LogP contribution >= 0.6 is 24.8 Å². The number of rotatable bonds is 5. The topological polar surface area (TPSA) is 85.8 Å². The van der Waals surface area contributed by atoms with Gasteiger partial charge in [0.1, 0.15) is 11.6 Å². The summed E-state index contributed by atoms with van der Waals surface area (Å²) in [5.41, 5.74) is 7.80. The van der Waals surface area contributed by atoms with Gasteiger partial charge in [-0.1, -0.05) is 36.8 Å². The van der Waals surface area contributed by atoms with Crippen LogP contribution in [0.2, 0.25) is 0 Å². The molecule has 9 heteroatoms. The Morgan fingerprint density at radius 1 is 1.10 bits per heavy atom. The molecule has 166 valence electrons. The molecule has 1 aromatic heterocycles. The van der Waals surface area contributed by atoms with E-state index in [4.69, 9.17) is 5.73 Å². The molecule has 1 aliphatic heterocycles. The molecule has 0 saturated carbocycles. The molecule has 3 N–H and O–H groups in total. The first-order chi connectivity index (χ1) is 14.1. The molecule has 1 unspecified atom stereocenters. The predicted molar refractivity (Wildman–Crippen MR) is 124 cm³/mol. The summed E-state index contributed by atoms with van der Waals surface area (Å²) in [4.78, 5) is 12.5. The van der Waals surface area contributed by atoms with Crippen LogP contribution in [0.1, 0.15) is 30.7 Å². The zero-order valence-corrected chi connectivity index (χ0v) is 18.6. The molecule has 4 rings (SSSR count). The van der Waals surface area contributed by atoms with Gasteiger partial charge in [-0.2, -0.15) is 0 Å². The Morgan fingerprint density at radius 3 is 2.65 bits per heavy atom. The number of nitrogens with one attached hydrogen (secondary N) is 1. The Bertz CT molecular complexity index is 1010. The molecule has 0 bridgehead atoms. The number of amides is 1. The highest BCUT2D eigenvalue weighted by atomic mass is 35.5. The van der Waals surface area contributed by atoms with E-state index in [2.05, 4.69) is 20.1 Å². The van der Waals surface area contributed by atoms with Crippen molar-refractivity contribution in [1.29, 1.82) is 0 Å².